The quantitative estimate of drug-likeness (QED) is 0.481. The fourth-order valence-corrected chi connectivity index (χ4v) is 4.46. The molecule has 0 atom stereocenters. The van der Waals surface area contributed by atoms with Crippen molar-refractivity contribution in [1.29, 1.82) is 0 Å². The maximum Gasteiger partial charge on any atom is 0.286 e. The molecule has 0 aliphatic carbocycles. The normalized spacial score (nSPS) is 11.5. The highest BCUT2D eigenvalue weighted by Gasteiger charge is 2.19. The van der Waals surface area contributed by atoms with Crippen LogP contribution in [0.2, 0.25) is 0 Å². The van der Waals surface area contributed by atoms with E-state index in [0.717, 1.165) is 21.5 Å². The number of para-hydroxylation sites is 1. The van der Waals surface area contributed by atoms with Crippen LogP contribution >= 0.6 is 11.3 Å². The third-order valence-corrected chi connectivity index (χ3v) is 6.15. The lowest BCUT2D eigenvalue weighted by atomic mass is 10.0. The van der Waals surface area contributed by atoms with Crippen molar-refractivity contribution >= 4 is 32.6 Å². The minimum absolute atomic E-state index is 0.136. The lowest BCUT2D eigenvalue weighted by Gasteiger charge is -2.06. The van der Waals surface area contributed by atoms with Crippen LogP contribution in [-0.2, 0) is 6.42 Å². The van der Waals surface area contributed by atoms with Gasteiger partial charge in [-0.05, 0) is 31.5 Å². The molecule has 3 heterocycles. The van der Waals surface area contributed by atoms with Crippen molar-refractivity contribution in [3.63, 3.8) is 0 Å². The number of benzene rings is 2. The molecule has 0 saturated heterocycles. The fraction of sp³-hybridized carbons (Fsp3) is 0.136. The van der Waals surface area contributed by atoms with Crippen molar-refractivity contribution in [2.24, 2.45) is 0 Å². The van der Waals surface area contributed by atoms with E-state index in [-0.39, 0.29) is 16.4 Å². The molecule has 5 aromatic rings. The minimum atomic E-state index is -0.384. The van der Waals surface area contributed by atoms with Gasteiger partial charge in [-0.1, -0.05) is 53.3 Å². The zero-order chi connectivity index (χ0) is 20.1. The molecule has 2 aromatic carbocycles. The number of hydrogen-bond acceptors (Lipinski definition) is 4. The number of thiazole rings is 1. The van der Waals surface area contributed by atoms with Crippen LogP contribution in [0.25, 0.3) is 26.4 Å². The Morgan fingerprint density at radius 1 is 1.03 bits per heavy atom. The molecule has 0 aliphatic heterocycles. The first-order valence-corrected chi connectivity index (χ1v) is 10.1. The SMILES string of the molecule is Cc1ccc(Cc2c(C)[nH]c3[nH]n(-c4nc5ccccc5s4)c(=O)c3c2=O)cc1. The average molecular weight is 402 g/mol. The number of pyridine rings is 1. The number of aryl methyl sites for hydroxylation is 2. The monoisotopic (exact) mass is 402 g/mol. The van der Waals surface area contributed by atoms with Crippen LogP contribution in [0, 0.1) is 13.8 Å². The summed E-state index contributed by atoms with van der Waals surface area (Å²) in [7, 11) is 0. The standard InChI is InChI=1S/C22H18N4O2S/c1-12-7-9-14(10-8-12)11-15-13(2)23-20-18(19(15)27)21(28)26(25-20)22-24-16-5-3-4-6-17(16)29-22/h3-10H,11H2,1-2H3,(H2,23,25,27). The van der Waals surface area contributed by atoms with E-state index in [2.05, 4.69) is 15.1 Å². The Morgan fingerprint density at radius 2 is 1.79 bits per heavy atom. The molecule has 29 heavy (non-hydrogen) atoms. The van der Waals surface area contributed by atoms with Crippen LogP contribution in [0.5, 0.6) is 0 Å². The molecule has 6 nitrogen and oxygen atoms in total. The second-order valence-corrected chi connectivity index (χ2v) is 8.20. The lowest BCUT2D eigenvalue weighted by molar-refractivity contribution is 0.850. The van der Waals surface area contributed by atoms with Gasteiger partial charge in [0.25, 0.3) is 5.56 Å². The zero-order valence-corrected chi connectivity index (χ0v) is 16.8. The van der Waals surface area contributed by atoms with E-state index in [0.29, 0.717) is 22.8 Å². The van der Waals surface area contributed by atoms with Crippen molar-refractivity contribution in [3.8, 4) is 5.13 Å². The molecule has 0 radical (unpaired) electrons. The number of rotatable bonds is 3. The molecule has 0 bridgehead atoms. The third-order valence-electron chi connectivity index (χ3n) is 5.13. The predicted octanol–water partition coefficient (Wildman–Crippen LogP) is 3.82. The summed E-state index contributed by atoms with van der Waals surface area (Å²) in [5, 5.41) is 3.67. The van der Waals surface area contributed by atoms with E-state index < -0.39 is 0 Å². The summed E-state index contributed by atoms with van der Waals surface area (Å²) in [6, 6.07) is 15.8. The number of fused-ring (bicyclic) bond motifs is 2. The number of aromatic amines is 2. The Balaban J connectivity index is 1.67. The number of aromatic nitrogens is 4. The van der Waals surface area contributed by atoms with Crippen molar-refractivity contribution in [3.05, 3.63) is 91.5 Å². The van der Waals surface area contributed by atoms with Gasteiger partial charge in [0.15, 0.2) is 5.43 Å². The summed E-state index contributed by atoms with van der Waals surface area (Å²) >= 11 is 1.40. The summed E-state index contributed by atoms with van der Waals surface area (Å²) < 4.78 is 2.33. The van der Waals surface area contributed by atoms with Crippen molar-refractivity contribution < 1.29 is 0 Å². The minimum Gasteiger partial charge on any atom is -0.343 e. The zero-order valence-electron chi connectivity index (χ0n) is 15.9. The summed E-state index contributed by atoms with van der Waals surface area (Å²) in [6.45, 7) is 3.88. The van der Waals surface area contributed by atoms with Gasteiger partial charge >= 0.3 is 0 Å². The first-order chi connectivity index (χ1) is 14.0. The summed E-state index contributed by atoms with van der Waals surface area (Å²) in [5.41, 5.74) is 4.17. The van der Waals surface area contributed by atoms with Crippen LogP contribution in [-0.4, -0.2) is 19.7 Å². The number of hydrogen-bond donors (Lipinski definition) is 2. The maximum atomic E-state index is 13.2. The molecule has 0 amide bonds. The second kappa shape index (κ2) is 6.56. The maximum absolute atomic E-state index is 13.2. The van der Waals surface area contributed by atoms with Crippen molar-refractivity contribution in [2.45, 2.75) is 20.3 Å². The van der Waals surface area contributed by atoms with E-state index in [1.807, 2.05) is 62.4 Å². The highest BCUT2D eigenvalue weighted by atomic mass is 32.1. The molecule has 0 spiro atoms. The first kappa shape index (κ1) is 17.6. The molecular formula is C22H18N4O2S. The van der Waals surface area contributed by atoms with Crippen LogP contribution in [0.1, 0.15) is 22.4 Å². The number of nitrogens with one attached hydrogen (secondary N) is 2. The Hall–Kier alpha value is -3.45. The Kier molecular flexibility index (Phi) is 3.99. The van der Waals surface area contributed by atoms with Crippen molar-refractivity contribution in [1.82, 2.24) is 19.7 Å². The van der Waals surface area contributed by atoms with Crippen LogP contribution < -0.4 is 11.0 Å². The van der Waals surface area contributed by atoms with Gasteiger partial charge in [-0.2, -0.15) is 4.68 Å². The van der Waals surface area contributed by atoms with E-state index in [1.54, 1.807) is 0 Å². The Labute approximate surface area is 169 Å². The Morgan fingerprint density at radius 3 is 2.55 bits per heavy atom. The lowest BCUT2D eigenvalue weighted by Crippen LogP contribution is -2.21. The van der Waals surface area contributed by atoms with Gasteiger partial charge in [-0.3, -0.25) is 14.7 Å². The van der Waals surface area contributed by atoms with Gasteiger partial charge in [-0.15, -0.1) is 0 Å². The molecule has 3 aromatic heterocycles. The summed E-state index contributed by atoms with van der Waals surface area (Å²) in [5.74, 6) is 0. The van der Waals surface area contributed by atoms with E-state index in [4.69, 9.17) is 0 Å². The van der Waals surface area contributed by atoms with Gasteiger partial charge in [-0.25, -0.2) is 4.98 Å². The highest BCUT2D eigenvalue weighted by Crippen LogP contribution is 2.23. The van der Waals surface area contributed by atoms with Crippen molar-refractivity contribution in [2.75, 3.05) is 0 Å². The van der Waals surface area contributed by atoms with Gasteiger partial charge in [0.1, 0.15) is 11.0 Å². The van der Waals surface area contributed by atoms with E-state index >= 15 is 0 Å². The van der Waals surface area contributed by atoms with Gasteiger partial charge in [0, 0.05) is 17.7 Å². The molecule has 7 heteroatoms. The van der Waals surface area contributed by atoms with Gasteiger partial charge in [0.2, 0.25) is 5.13 Å². The molecule has 0 fully saturated rings. The molecule has 0 unspecified atom stereocenters. The van der Waals surface area contributed by atoms with E-state index in [9.17, 15) is 9.59 Å². The Bertz CT molecular complexity index is 1450. The summed E-state index contributed by atoms with van der Waals surface area (Å²) in [4.78, 5) is 34.0. The third kappa shape index (κ3) is 2.91. The van der Waals surface area contributed by atoms with Crippen LogP contribution in [0.15, 0.2) is 58.1 Å². The molecule has 0 aliphatic rings. The summed E-state index contributed by atoms with van der Waals surface area (Å²) in [6.07, 6.45) is 0.475. The molecular weight excluding hydrogens is 384 g/mol. The molecule has 0 saturated carbocycles. The number of H-pyrrole nitrogens is 2. The van der Waals surface area contributed by atoms with Gasteiger partial charge < -0.3 is 4.98 Å². The molecule has 144 valence electrons. The van der Waals surface area contributed by atoms with E-state index in [1.165, 1.54) is 21.6 Å². The van der Waals surface area contributed by atoms with Crippen LogP contribution in [0.3, 0.4) is 0 Å². The second-order valence-electron chi connectivity index (χ2n) is 7.19. The van der Waals surface area contributed by atoms with Crippen LogP contribution in [0.4, 0.5) is 0 Å². The molecule has 5 rings (SSSR count). The highest BCUT2D eigenvalue weighted by molar-refractivity contribution is 7.20. The predicted molar refractivity (Wildman–Crippen MR) is 116 cm³/mol. The largest absolute Gasteiger partial charge is 0.343 e. The fourth-order valence-electron chi connectivity index (χ4n) is 3.54. The number of nitrogens with zero attached hydrogens (tertiary/aromatic N) is 2. The van der Waals surface area contributed by atoms with Gasteiger partial charge in [0.05, 0.1) is 10.2 Å². The molecule has 2 N–H and O–H groups in total. The smallest absolute Gasteiger partial charge is 0.286 e. The first-order valence-electron chi connectivity index (χ1n) is 9.29. The topological polar surface area (TPSA) is 83.5 Å². The average Bonchev–Trinajstić information content (AvgIpc) is 3.27.